The van der Waals surface area contributed by atoms with Crippen LogP contribution in [0.15, 0.2) is 11.0 Å². The number of aromatic nitrogens is 2. The summed E-state index contributed by atoms with van der Waals surface area (Å²) in [5.41, 5.74) is 1.58. The predicted octanol–water partition coefficient (Wildman–Crippen LogP) is -1.27. The van der Waals surface area contributed by atoms with Crippen molar-refractivity contribution in [2.24, 2.45) is 0 Å². The summed E-state index contributed by atoms with van der Waals surface area (Å²) in [5, 5.41) is 28.5. The van der Waals surface area contributed by atoms with Crippen molar-refractivity contribution in [3.05, 3.63) is 21.7 Å². The quantitative estimate of drug-likeness (QED) is 0.544. The van der Waals surface area contributed by atoms with Gasteiger partial charge in [0, 0.05) is 6.20 Å². The van der Waals surface area contributed by atoms with Crippen molar-refractivity contribution >= 4 is 17.4 Å². The van der Waals surface area contributed by atoms with Crippen LogP contribution in [0.25, 0.3) is 0 Å². The standard InChI is InChI=1S/C10H12ClF2N3O5/c11-3-1-16(9(20)15-6(3)14)7-4(18)5(19)10(2-17,21-7)8(12)13/h1,4-5,7-8,17-19H,2H2,(H2,14,15,20)/t4-,5-,7-,10-/m1/s1. The second-order valence-corrected chi connectivity index (χ2v) is 4.93. The van der Waals surface area contributed by atoms with Crippen LogP contribution in [0.5, 0.6) is 0 Å². The van der Waals surface area contributed by atoms with Crippen LogP contribution in [-0.4, -0.2) is 55.7 Å². The van der Waals surface area contributed by atoms with E-state index in [0.29, 0.717) is 4.57 Å². The highest BCUT2D eigenvalue weighted by molar-refractivity contribution is 6.32. The third kappa shape index (κ3) is 2.38. The number of aliphatic hydroxyl groups excluding tert-OH is 3. The Bertz CT molecular complexity index is 601. The summed E-state index contributed by atoms with van der Waals surface area (Å²) in [6.45, 7) is -1.26. The Balaban J connectivity index is 2.47. The molecule has 0 bridgehead atoms. The van der Waals surface area contributed by atoms with Gasteiger partial charge in [-0.25, -0.2) is 13.6 Å². The molecule has 1 aliphatic heterocycles. The molecule has 1 saturated heterocycles. The van der Waals surface area contributed by atoms with Crippen LogP contribution in [0.3, 0.4) is 0 Å². The van der Waals surface area contributed by atoms with E-state index < -0.39 is 42.8 Å². The largest absolute Gasteiger partial charge is 0.393 e. The summed E-state index contributed by atoms with van der Waals surface area (Å²) >= 11 is 5.67. The first-order valence-electron chi connectivity index (χ1n) is 5.71. The molecule has 0 aliphatic carbocycles. The third-order valence-corrected chi connectivity index (χ3v) is 3.57. The van der Waals surface area contributed by atoms with Gasteiger partial charge in [0.2, 0.25) is 0 Å². The molecule has 0 spiro atoms. The van der Waals surface area contributed by atoms with Gasteiger partial charge in [-0.2, -0.15) is 4.98 Å². The molecule has 0 aromatic carbocycles. The number of rotatable bonds is 3. The SMILES string of the molecule is Nc1nc(=O)n([C@@H]2O[C@@](CO)(C(F)F)[C@H](O)[C@H]2O)cc1Cl. The van der Waals surface area contributed by atoms with Crippen molar-refractivity contribution in [3.8, 4) is 0 Å². The van der Waals surface area contributed by atoms with Crippen LogP contribution < -0.4 is 11.4 Å². The normalized spacial score (nSPS) is 32.8. The molecule has 0 radical (unpaired) electrons. The Kier molecular flexibility index (Phi) is 4.17. The minimum absolute atomic E-state index is 0.168. The number of halogens is 3. The average Bonchev–Trinajstić information content (AvgIpc) is 2.68. The Labute approximate surface area is 121 Å². The van der Waals surface area contributed by atoms with Crippen molar-refractivity contribution in [2.75, 3.05) is 12.3 Å². The summed E-state index contributed by atoms with van der Waals surface area (Å²) < 4.78 is 31.6. The molecule has 118 valence electrons. The number of hydrogen-bond acceptors (Lipinski definition) is 7. The number of nitrogen functional groups attached to an aromatic ring is 1. The van der Waals surface area contributed by atoms with Crippen LogP contribution >= 0.6 is 11.6 Å². The van der Waals surface area contributed by atoms with Crippen LogP contribution in [0, 0.1) is 0 Å². The van der Waals surface area contributed by atoms with Gasteiger partial charge in [-0.05, 0) is 0 Å². The number of nitrogens with two attached hydrogens (primary N) is 1. The second-order valence-electron chi connectivity index (χ2n) is 4.52. The van der Waals surface area contributed by atoms with E-state index in [-0.39, 0.29) is 10.8 Å². The summed E-state index contributed by atoms with van der Waals surface area (Å²) in [5.74, 6) is -0.284. The summed E-state index contributed by atoms with van der Waals surface area (Å²) in [4.78, 5) is 15.0. The fourth-order valence-electron chi connectivity index (χ4n) is 2.05. The number of hydrogen-bond donors (Lipinski definition) is 4. The monoisotopic (exact) mass is 327 g/mol. The lowest BCUT2D eigenvalue weighted by Gasteiger charge is -2.28. The maximum absolute atomic E-state index is 13.0. The number of anilines is 1. The first-order chi connectivity index (χ1) is 9.74. The molecule has 0 saturated carbocycles. The van der Waals surface area contributed by atoms with Gasteiger partial charge >= 0.3 is 5.69 Å². The molecule has 0 unspecified atom stereocenters. The van der Waals surface area contributed by atoms with E-state index >= 15 is 0 Å². The molecule has 11 heteroatoms. The van der Waals surface area contributed by atoms with Crippen molar-refractivity contribution in [1.29, 1.82) is 0 Å². The average molecular weight is 328 g/mol. The van der Waals surface area contributed by atoms with E-state index in [9.17, 15) is 23.8 Å². The Hall–Kier alpha value is -1.33. The zero-order chi connectivity index (χ0) is 15.9. The minimum atomic E-state index is -3.30. The molecular formula is C10H12ClF2N3O5. The van der Waals surface area contributed by atoms with Gasteiger partial charge in [0.15, 0.2) is 11.8 Å². The smallest absolute Gasteiger partial charge is 0.351 e. The molecule has 5 N–H and O–H groups in total. The van der Waals surface area contributed by atoms with Gasteiger partial charge in [-0.3, -0.25) is 4.57 Å². The fraction of sp³-hybridized carbons (Fsp3) is 0.600. The fourth-order valence-corrected chi connectivity index (χ4v) is 2.20. The second kappa shape index (κ2) is 5.46. The topological polar surface area (TPSA) is 131 Å². The number of alkyl halides is 2. The van der Waals surface area contributed by atoms with Crippen LogP contribution in [-0.2, 0) is 4.74 Å². The van der Waals surface area contributed by atoms with Crippen LogP contribution in [0.4, 0.5) is 14.6 Å². The predicted molar refractivity (Wildman–Crippen MR) is 65.9 cm³/mol. The summed E-state index contributed by atoms with van der Waals surface area (Å²) in [6, 6.07) is 0. The molecule has 2 rings (SSSR count). The zero-order valence-electron chi connectivity index (χ0n) is 10.4. The Morgan fingerprint density at radius 1 is 1.57 bits per heavy atom. The van der Waals surface area contributed by atoms with E-state index in [0.717, 1.165) is 6.20 Å². The van der Waals surface area contributed by atoms with Gasteiger partial charge in [-0.15, -0.1) is 0 Å². The molecule has 21 heavy (non-hydrogen) atoms. The molecular weight excluding hydrogens is 316 g/mol. The molecule has 1 aliphatic rings. The van der Waals surface area contributed by atoms with Crippen LogP contribution in [0.2, 0.25) is 5.02 Å². The highest BCUT2D eigenvalue weighted by Gasteiger charge is 2.60. The first-order valence-corrected chi connectivity index (χ1v) is 6.09. The lowest BCUT2D eigenvalue weighted by Crippen LogP contribution is -2.52. The van der Waals surface area contributed by atoms with Crippen LogP contribution in [0.1, 0.15) is 6.23 Å². The third-order valence-electron chi connectivity index (χ3n) is 3.28. The highest BCUT2D eigenvalue weighted by atomic mass is 35.5. The highest BCUT2D eigenvalue weighted by Crippen LogP contribution is 2.40. The van der Waals surface area contributed by atoms with E-state index in [4.69, 9.17) is 27.2 Å². The molecule has 0 amide bonds. The lowest BCUT2D eigenvalue weighted by molar-refractivity contribution is -0.195. The van der Waals surface area contributed by atoms with Crippen molar-refractivity contribution in [2.45, 2.75) is 30.5 Å². The molecule has 4 atom stereocenters. The van der Waals surface area contributed by atoms with E-state index in [2.05, 4.69) is 4.98 Å². The maximum Gasteiger partial charge on any atom is 0.351 e. The maximum atomic E-state index is 13.0. The summed E-state index contributed by atoms with van der Waals surface area (Å²) in [7, 11) is 0. The van der Waals surface area contributed by atoms with Gasteiger partial charge in [0.1, 0.15) is 18.0 Å². The number of nitrogens with zero attached hydrogens (tertiary/aromatic N) is 2. The lowest BCUT2D eigenvalue weighted by atomic mass is 9.96. The minimum Gasteiger partial charge on any atom is -0.393 e. The van der Waals surface area contributed by atoms with Gasteiger partial charge < -0.3 is 25.8 Å². The van der Waals surface area contributed by atoms with Gasteiger partial charge in [-0.1, -0.05) is 11.6 Å². The Morgan fingerprint density at radius 3 is 2.67 bits per heavy atom. The van der Waals surface area contributed by atoms with Gasteiger partial charge in [0.05, 0.1) is 11.6 Å². The van der Waals surface area contributed by atoms with Crippen molar-refractivity contribution in [3.63, 3.8) is 0 Å². The van der Waals surface area contributed by atoms with E-state index in [1.54, 1.807) is 0 Å². The first kappa shape index (κ1) is 16.0. The van der Waals surface area contributed by atoms with E-state index in [1.165, 1.54) is 0 Å². The number of aliphatic hydroxyl groups is 3. The van der Waals surface area contributed by atoms with Crippen molar-refractivity contribution in [1.82, 2.24) is 9.55 Å². The molecule has 1 aromatic rings. The zero-order valence-corrected chi connectivity index (χ0v) is 11.1. The molecule has 1 fully saturated rings. The number of ether oxygens (including phenoxy) is 1. The van der Waals surface area contributed by atoms with Gasteiger partial charge in [0.25, 0.3) is 6.43 Å². The summed E-state index contributed by atoms with van der Waals surface area (Å²) in [6.07, 6.45) is -8.07. The molecule has 2 heterocycles. The van der Waals surface area contributed by atoms with E-state index in [1.807, 2.05) is 0 Å². The molecule has 1 aromatic heterocycles. The van der Waals surface area contributed by atoms with Crippen molar-refractivity contribution < 1.29 is 28.8 Å². The molecule has 8 nitrogen and oxygen atoms in total. The Morgan fingerprint density at radius 2 is 2.19 bits per heavy atom.